The van der Waals surface area contributed by atoms with E-state index in [1.165, 1.54) is 56.8 Å². The number of carbonyl (C=O) groups is 2. The van der Waals surface area contributed by atoms with Gasteiger partial charge in [-0.15, -0.1) is 5.06 Å². The number of piperazine rings is 1. The van der Waals surface area contributed by atoms with Crippen LogP contribution < -0.4 is 28.7 Å². The van der Waals surface area contributed by atoms with Gasteiger partial charge in [0, 0.05) is 48.7 Å². The van der Waals surface area contributed by atoms with Crippen LogP contribution in [0.4, 0.5) is 16.2 Å². The van der Waals surface area contributed by atoms with E-state index >= 15 is 4.79 Å². The van der Waals surface area contributed by atoms with Gasteiger partial charge < -0.3 is 28.7 Å². The molecule has 4 aromatic rings. The zero-order valence-electron chi connectivity index (χ0n) is 32.1. The molecule has 2 aliphatic rings. The Labute approximate surface area is 326 Å². The molecule has 294 valence electrons. The molecule has 0 spiro atoms. The summed E-state index contributed by atoms with van der Waals surface area (Å²) >= 11 is 0. The van der Waals surface area contributed by atoms with E-state index in [0.29, 0.717) is 31.9 Å². The molecule has 0 bridgehead atoms. The van der Waals surface area contributed by atoms with Crippen molar-refractivity contribution in [3.05, 3.63) is 101 Å². The van der Waals surface area contributed by atoms with Gasteiger partial charge in [-0.05, 0) is 87.9 Å². The van der Waals surface area contributed by atoms with Crippen LogP contribution in [-0.4, -0.2) is 83.1 Å². The number of rotatable bonds is 12. The third kappa shape index (κ3) is 7.79. The smallest absolute Gasteiger partial charge is 0.497 e. The summed E-state index contributed by atoms with van der Waals surface area (Å²) in [6.45, 7) is 9.57. The number of nitrogens with one attached hydrogen (secondary N) is 1. The van der Waals surface area contributed by atoms with E-state index in [0.717, 1.165) is 15.6 Å². The molecule has 3 aromatic carbocycles. The Morgan fingerprint density at radius 2 is 1.70 bits per heavy atom. The van der Waals surface area contributed by atoms with Crippen molar-refractivity contribution in [3.63, 3.8) is 0 Å². The van der Waals surface area contributed by atoms with Crippen LogP contribution in [0.3, 0.4) is 0 Å². The predicted octanol–water partition coefficient (Wildman–Crippen LogP) is 5.13. The molecule has 15 nitrogen and oxygen atoms in total. The summed E-state index contributed by atoms with van der Waals surface area (Å²) in [5.41, 5.74) is -0.0434. The van der Waals surface area contributed by atoms with Gasteiger partial charge in [0.2, 0.25) is 5.88 Å². The Morgan fingerprint density at radius 3 is 2.34 bits per heavy atom. The standard InChI is InChI=1S/C40H44N6O9S/c1-7-53-36-31(9-8-18-42-36)40(43-26-27-10-13-29(14-11-27)44-19-21-45(22-20-44)55-38(48)54-39(2,3)4)32-23-28(25-41)12-16-33(32)46(37(40)47)56(49,50)35-17-15-30(51-5)24-34(35)52-6/h8-18,23-24,43H,7,19-22,26H2,1-6H3. The molecule has 1 fully saturated rings. The number of nitrogens with zero attached hydrogens (tertiary/aromatic N) is 5. The molecule has 1 aromatic heterocycles. The minimum Gasteiger partial charge on any atom is -0.497 e. The highest BCUT2D eigenvalue weighted by Crippen LogP contribution is 2.50. The average molecular weight is 785 g/mol. The molecule has 3 heterocycles. The maximum Gasteiger partial charge on any atom is 0.528 e. The molecule has 56 heavy (non-hydrogen) atoms. The van der Waals surface area contributed by atoms with Crippen LogP contribution in [0, 0.1) is 11.3 Å². The van der Waals surface area contributed by atoms with Crippen molar-refractivity contribution < 1.29 is 41.8 Å². The average Bonchev–Trinajstić information content (AvgIpc) is 3.44. The first-order chi connectivity index (χ1) is 26.7. The molecule has 0 saturated carbocycles. The maximum atomic E-state index is 15.2. The third-order valence-corrected chi connectivity index (χ3v) is 11.0. The van der Waals surface area contributed by atoms with E-state index in [1.54, 1.807) is 44.9 Å². The van der Waals surface area contributed by atoms with Gasteiger partial charge >= 0.3 is 6.16 Å². The minimum atomic E-state index is -4.64. The molecule has 0 aliphatic carbocycles. The number of hydrogen-bond donors (Lipinski definition) is 1. The second kappa shape index (κ2) is 16.1. The monoisotopic (exact) mass is 784 g/mol. The summed E-state index contributed by atoms with van der Waals surface area (Å²) in [6.07, 6.45) is 0.779. The fourth-order valence-corrected chi connectivity index (χ4v) is 8.32. The number of anilines is 2. The van der Waals surface area contributed by atoms with Gasteiger partial charge in [-0.25, -0.2) is 22.5 Å². The maximum absolute atomic E-state index is 15.2. The number of benzene rings is 3. The van der Waals surface area contributed by atoms with Gasteiger partial charge in [0.05, 0.1) is 51.2 Å². The highest BCUT2D eigenvalue weighted by Gasteiger charge is 2.58. The number of aromatic nitrogens is 1. The van der Waals surface area contributed by atoms with Crippen LogP contribution in [0.25, 0.3) is 0 Å². The first-order valence-electron chi connectivity index (χ1n) is 17.9. The Hall–Kier alpha value is -5.89. The SMILES string of the molecule is CCOc1ncccc1C1(NCc2ccc(N3CCN(OC(=O)OC(C)(C)C)CC3)cc2)C(=O)N(S(=O)(=O)c2ccc(OC)cc2OC)c2ccc(C#N)cc21. The van der Waals surface area contributed by atoms with Gasteiger partial charge in [-0.1, -0.05) is 12.1 Å². The molecule has 1 N–H and O–H groups in total. The number of carbonyl (C=O) groups excluding carboxylic acids is 2. The lowest BCUT2D eigenvalue weighted by atomic mass is 9.83. The van der Waals surface area contributed by atoms with Gasteiger partial charge in [0.1, 0.15) is 22.0 Å². The molecule has 2 aliphatic heterocycles. The van der Waals surface area contributed by atoms with Crippen molar-refractivity contribution in [3.8, 4) is 23.4 Å². The van der Waals surface area contributed by atoms with Gasteiger partial charge in [-0.3, -0.25) is 10.1 Å². The number of ether oxygens (including phenoxy) is 4. The molecule has 16 heteroatoms. The second-order valence-corrected chi connectivity index (χ2v) is 15.7. The van der Waals surface area contributed by atoms with E-state index in [4.69, 9.17) is 23.8 Å². The molecular weight excluding hydrogens is 741 g/mol. The predicted molar refractivity (Wildman–Crippen MR) is 206 cm³/mol. The fraction of sp³-hybridized carbons (Fsp3) is 0.350. The van der Waals surface area contributed by atoms with Crippen molar-refractivity contribution in [2.75, 3.05) is 56.2 Å². The Morgan fingerprint density at radius 1 is 0.964 bits per heavy atom. The highest BCUT2D eigenvalue weighted by molar-refractivity contribution is 7.93. The molecule has 1 amide bonds. The lowest BCUT2D eigenvalue weighted by Gasteiger charge is -2.35. The highest BCUT2D eigenvalue weighted by atomic mass is 32.2. The lowest BCUT2D eigenvalue weighted by Crippen LogP contribution is -2.52. The first-order valence-corrected chi connectivity index (χ1v) is 19.4. The summed E-state index contributed by atoms with van der Waals surface area (Å²) in [7, 11) is -1.86. The summed E-state index contributed by atoms with van der Waals surface area (Å²) in [4.78, 5) is 39.1. The topological polar surface area (TPSA) is 173 Å². The summed E-state index contributed by atoms with van der Waals surface area (Å²) in [5, 5.41) is 15.0. The van der Waals surface area contributed by atoms with Crippen molar-refractivity contribution in [1.29, 1.82) is 5.26 Å². The number of amides is 1. The molecule has 6 rings (SSSR count). The third-order valence-electron chi connectivity index (χ3n) is 9.29. The van der Waals surface area contributed by atoms with E-state index in [1.807, 2.05) is 24.3 Å². The summed E-state index contributed by atoms with van der Waals surface area (Å²) < 4.78 is 52.0. The number of fused-ring (bicyclic) bond motifs is 1. The van der Waals surface area contributed by atoms with Crippen LogP contribution >= 0.6 is 0 Å². The number of methoxy groups -OCH3 is 2. The van der Waals surface area contributed by atoms with Crippen LogP contribution in [0.2, 0.25) is 0 Å². The van der Waals surface area contributed by atoms with Crippen LogP contribution in [-0.2, 0) is 36.5 Å². The Balaban J connectivity index is 1.34. The Kier molecular flexibility index (Phi) is 11.4. The number of hydrogen-bond acceptors (Lipinski definition) is 14. The number of sulfonamides is 1. The van der Waals surface area contributed by atoms with Crippen LogP contribution in [0.5, 0.6) is 17.4 Å². The van der Waals surface area contributed by atoms with Crippen molar-refractivity contribution in [2.24, 2.45) is 0 Å². The molecule has 1 atom stereocenters. The molecular formula is C40H44N6O9S. The zero-order valence-corrected chi connectivity index (χ0v) is 32.9. The minimum absolute atomic E-state index is 0.0220. The van der Waals surface area contributed by atoms with Crippen molar-refractivity contribution in [1.82, 2.24) is 15.4 Å². The normalized spacial score (nSPS) is 17.2. The molecule has 0 radical (unpaired) electrons. The van der Waals surface area contributed by atoms with E-state index in [9.17, 15) is 18.5 Å². The summed E-state index contributed by atoms with van der Waals surface area (Å²) in [5.74, 6) is -0.389. The lowest BCUT2D eigenvalue weighted by molar-refractivity contribution is -0.144. The van der Waals surface area contributed by atoms with Crippen LogP contribution in [0.1, 0.15) is 49.9 Å². The van der Waals surface area contributed by atoms with Crippen molar-refractivity contribution in [2.45, 2.75) is 50.3 Å². The van der Waals surface area contributed by atoms with E-state index in [-0.39, 0.29) is 52.1 Å². The largest absolute Gasteiger partial charge is 0.528 e. The number of nitriles is 1. The fourth-order valence-electron chi connectivity index (χ4n) is 6.71. The van der Waals surface area contributed by atoms with Gasteiger partial charge in [0.15, 0.2) is 5.54 Å². The van der Waals surface area contributed by atoms with Gasteiger partial charge in [0.25, 0.3) is 15.9 Å². The van der Waals surface area contributed by atoms with E-state index < -0.39 is 33.2 Å². The quantitative estimate of drug-likeness (QED) is 0.188. The second-order valence-electron chi connectivity index (χ2n) is 14.0. The van der Waals surface area contributed by atoms with E-state index in [2.05, 4.69) is 21.3 Å². The Bertz CT molecular complexity index is 2250. The van der Waals surface area contributed by atoms with Crippen molar-refractivity contribution >= 4 is 33.5 Å². The molecule has 1 unspecified atom stereocenters. The number of hydroxylamine groups is 2. The summed E-state index contributed by atoms with van der Waals surface area (Å²) in [6, 6.07) is 21.8. The zero-order chi connectivity index (χ0) is 40.3. The van der Waals surface area contributed by atoms with Crippen LogP contribution in [0.15, 0.2) is 83.9 Å². The first kappa shape index (κ1) is 39.8. The molecule has 1 saturated heterocycles. The van der Waals surface area contributed by atoms with Gasteiger partial charge in [-0.2, -0.15) is 5.26 Å². The number of pyridine rings is 1.